The van der Waals surface area contributed by atoms with Gasteiger partial charge in [-0.25, -0.2) is 13.9 Å². The molecule has 5 aliphatic rings. The number of amides is 3. The third kappa shape index (κ3) is 10.0. The fourth-order valence-corrected chi connectivity index (χ4v) is 11.7. The smallest absolute Gasteiger partial charge is 0.253 e. The number of carbonyl (C=O) groups excluding carboxylic acids is 3. The number of aromatic nitrogens is 3. The molecule has 0 spiro atoms. The summed E-state index contributed by atoms with van der Waals surface area (Å²) in [6, 6.07) is 22.4. The Morgan fingerprint density at radius 3 is 2.49 bits per heavy atom. The van der Waals surface area contributed by atoms with Gasteiger partial charge in [0.05, 0.1) is 11.0 Å². The minimum Gasteiger partial charge on any atom is -0.377 e. The van der Waals surface area contributed by atoms with Crippen LogP contribution >= 0.6 is 0 Å². The van der Waals surface area contributed by atoms with Gasteiger partial charge in [0.1, 0.15) is 49.4 Å². The Bertz CT molecular complexity index is 2780. The Labute approximate surface area is 404 Å². The van der Waals surface area contributed by atoms with Crippen LogP contribution in [0.25, 0.3) is 16.6 Å². The second-order valence-corrected chi connectivity index (χ2v) is 20.2. The van der Waals surface area contributed by atoms with Gasteiger partial charge in [0.2, 0.25) is 11.8 Å². The van der Waals surface area contributed by atoms with Crippen molar-refractivity contribution in [2.45, 2.75) is 108 Å². The number of hydrogen-bond acceptors (Lipinski definition) is 8. The van der Waals surface area contributed by atoms with Crippen LogP contribution < -0.4 is 16.0 Å². The number of hydrogen-bond donors (Lipinski definition) is 4. The standard InChI is InChI=1S/C55H66FN9O4/c1-34-28-44(41-11-14-47-49(29-41)60-51(59-47)33-69-4)45-31-50(62(3)53(45)57-34)35(2)64-26-20-38(21-27-64)37-7-9-40(10-8-37)55(68)65-24-17-36(18-25-65)32-63-22-5-6-39(19-23-63)43-13-12-42(30-46(43)56)58-48-15-16-52(66)61-54(48)67/h7-14,28-32,34-36,38-39,48,57-58H,5-6,15-27,33H2,1-4H3,(H-,59,60,61,66,67)/p+1/t34?,35-,39?,48+/m0/s1. The maximum absolute atomic E-state index is 15.4. The molecule has 0 radical (unpaired) electrons. The van der Waals surface area contributed by atoms with E-state index in [0.717, 1.165) is 118 Å². The van der Waals surface area contributed by atoms with E-state index in [2.05, 4.69) is 110 Å². The van der Waals surface area contributed by atoms with Crippen molar-refractivity contribution in [2.75, 3.05) is 57.0 Å². The maximum Gasteiger partial charge on any atom is 0.253 e. The first-order valence-electron chi connectivity index (χ1n) is 25.3. The Balaban J connectivity index is 0.694. The van der Waals surface area contributed by atoms with E-state index in [9.17, 15) is 14.4 Å². The molecule has 14 heteroatoms. The van der Waals surface area contributed by atoms with Gasteiger partial charge in [0.25, 0.3) is 5.91 Å². The molecule has 2 aromatic heterocycles. The zero-order chi connectivity index (χ0) is 47.8. The minimum absolute atomic E-state index is 0.117. The number of imide groups is 1. The number of nitrogens with one attached hydrogen (secondary N) is 4. The average molecular weight is 937 g/mol. The van der Waals surface area contributed by atoms with Crippen molar-refractivity contribution in [3.63, 3.8) is 0 Å². The normalized spacial score (nSPS) is 23.0. The molecule has 69 heavy (non-hydrogen) atoms. The van der Waals surface area contributed by atoms with Crippen LogP contribution in [0.4, 0.5) is 15.9 Å². The molecule has 0 bridgehead atoms. The predicted octanol–water partition coefficient (Wildman–Crippen LogP) is 8.49. The Morgan fingerprint density at radius 2 is 1.74 bits per heavy atom. The summed E-state index contributed by atoms with van der Waals surface area (Å²) in [6.45, 7) is 10.3. The minimum atomic E-state index is -0.543. The summed E-state index contributed by atoms with van der Waals surface area (Å²) >= 11 is 0. The molecule has 362 valence electrons. The molecule has 4 fully saturated rings. The van der Waals surface area contributed by atoms with Gasteiger partial charge in [-0.3, -0.25) is 24.6 Å². The van der Waals surface area contributed by atoms with Gasteiger partial charge in [0, 0.05) is 87.0 Å². The first-order chi connectivity index (χ1) is 33.5. The number of likely N-dealkylation sites (tertiary alicyclic amines) is 2. The van der Waals surface area contributed by atoms with Gasteiger partial charge in [0.15, 0.2) is 0 Å². The lowest BCUT2D eigenvalue weighted by atomic mass is 9.88. The van der Waals surface area contributed by atoms with E-state index in [1.807, 2.05) is 29.2 Å². The summed E-state index contributed by atoms with van der Waals surface area (Å²) < 4.78 is 25.5. The van der Waals surface area contributed by atoms with Crippen molar-refractivity contribution in [2.24, 2.45) is 13.0 Å². The van der Waals surface area contributed by atoms with Gasteiger partial charge < -0.3 is 29.8 Å². The summed E-state index contributed by atoms with van der Waals surface area (Å²) in [5.74, 6) is 2.22. The van der Waals surface area contributed by atoms with Crippen molar-refractivity contribution in [1.29, 1.82) is 0 Å². The number of imidazole rings is 1. The number of carbonyl (C=O) groups is 3. The first kappa shape index (κ1) is 46.6. The number of fused-ring (bicyclic) bond motifs is 2. The number of ether oxygens (including phenoxy) is 1. The third-order valence-corrected chi connectivity index (χ3v) is 15.6. The maximum atomic E-state index is 15.4. The third-order valence-electron chi connectivity index (χ3n) is 15.6. The molecule has 7 heterocycles. The number of H-pyrrole nitrogens is 1. The number of piperidine rings is 3. The molecule has 4 saturated heterocycles. The van der Waals surface area contributed by atoms with Crippen LogP contribution in [0.2, 0.25) is 0 Å². The van der Waals surface area contributed by atoms with Crippen LogP contribution in [-0.2, 0) is 28.0 Å². The monoisotopic (exact) mass is 937 g/mol. The van der Waals surface area contributed by atoms with Crippen LogP contribution in [-0.4, -0.2) is 111 Å². The average Bonchev–Trinajstić information content (AvgIpc) is 3.83. The first-order valence-corrected chi connectivity index (χ1v) is 25.3. The lowest BCUT2D eigenvalue weighted by Crippen LogP contribution is -2.47. The molecule has 4 atom stereocenters. The van der Waals surface area contributed by atoms with E-state index in [1.165, 1.54) is 34.0 Å². The summed E-state index contributed by atoms with van der Waals surface area (Å²) in [6.07, 6.45) is 12.2. The van der Waals surface area contributed by atoms with E-state index in [4.69, 9.17) is 4.74 Å². The van der Waals surface area contributed by atoms with E-state index >= 15 is 4.39 Å². The molecule has 0 saturated carbocycles. The Hall–Kier alpha value is -6.12. The molecule has 2 unspecified atom stereocenters. The summed E-state index contributed by atoms with van der Waals surface area (Å²) in [5, 5.41) is 9.18. The van der Waals surface area contributed by atoms with Crippen LogP contribution in [0.1, 0.15) is 134 Å². The largest absolute Gasteiger partial charge is 0.377 e. The second-order valence-electron chi connectivity index (χ2n) is 20.2. The lowest BCUT2D eigenvalue weighted by Gasteiger charge is -2.36. The zero-order valence-electron chi connectivity index (χ0n) is 40.5. The molecule has 10 rings (SSSR count). The summed E-state index contributed by atoms with van der Waals surface area (Å²) in [5.41, 5.74) is 10.3. The number of nitrogens with zero attached hydrogens (tertiary/aromatic N) is 5. The lowest BCUT2D eigenvalue weighted by molar-refractivity contribution is -0.523. The molecule has 5 aliphatic heterocycles. The SMILES string of the molecule is COCc1nc2ccc(C3=CC(C)Nc4c3cc([C@H](C)N3CCC(c5ccc(C(=O)N6CCC(C=[N+]7CCCC(c8ccc(N[C@@H]9CCC(=O)NC9=O)cc8F)CC7)CC6)cc5)CC3)n4C)cc2[nH]1. The van der Waals surface area contributed by atoms with E-state index in [-0.39, 0.29) is 48.0 Å². The number of anilines is 2. The molecule has 5 aromatic rings. The van der Waals surface area contributed by atoms with Gasteiger partial charge in [-0.05, 0) is 142 Å². The number of halogens is 1. The zero-order valence-corrected chi connectivity index (χ0v) is 40.5. The van der Waals surface area contributed by atoms with Crippen molar-refractivity contribution in [1.82, 2.24) is 29.7 Å². The Morgan fingerprint density at radius 1 is 0.942 bits per heavy atom. The van der Waals surface area contributed by atoms with Crippen molar-refractivity contribution in [3.05, 3.63) is 118 Å². The van der Waals surface area contributed by atoms with Crippen LogP contribution in [0.5, 0.6) is 0 Å². The quantitative estimate of drug-likeness (QED) is 0.0765. The number of methoxy groups -OCH3 is 1. The van der Waals surface area contributed by atoms with Crippen molar-refractivity contribution >= 4 is 52.0 Å². The fraction of sp³-hybridized carbons (Fsp3) is 0.473. The molecule has 3 amide bonds. The molecule has 0 aliphatic carbocycles. The predicted molar refractivity (Wildman–Crippen MR) is 268 cm³/mol. The van der Waals surface area contributed by atoms with E-state index < -0.39 is 6.04 Å². The summed E-state index contributed by atoms with van der Waals surface area (Å²) in [7, 11) is 3.87. The number of rotatable bonds is 11. The molecular formula is C55H67FN9O4+. The summed E-state index contributed by atoms with van der Waals surface area (Å²) in [4.78, 5) is 50.2. The Kier molecular flexibility index (Phi) is 13.6. The molecule has 3 aromatic carbocycles. The molecule has 13 nitrogen and oxygen atoms in total. The number of aromatic amines is 1. The van der Waals surface area contributed by atoms with Gasteiger partial charge in [-0.1, -0.05) is 30.3 Å². The highest BCUT2D eigenvalue weighted by Crippen LogP contribution is 2.41. The number of benzene rings is 3. The fourth-order valence-electron chi connectivity index (χ4n) is 11.7. The van der Waals surface area contributed by atoms with E-state index in [1.54, 1.807) is 7.11 Å². The van der Waals surface area contributed by atoms with Gasteiger partial charge in [-0.2, -0.15) is 0 Å². The van der Waals surface area contributed by atoms with Crippen LogP contribution in [0.15, 0.2) is 72.8 Å². The van der Waals surface area contributed by atoms with Gasteiger partial charge >= 0.3 is 0 Å². The van der Waals surface area contributed by atoms with Gasteiger partial charge in [-0.15, -0.1) is 0 Å². The second kappa shape index (κ2) is 20.1. The van der Waals surface area contributed by atoms with Crippen molar-refractivity contribution < 1.29 is 28.1 Å². The van der Waals surface area contributed by atoms with E-state index in [0.29, 0.717) is 30.6 Å². The molecular weight excluding hydrogens is 870 g/mol. The van der Waals surface area contributed by atoms with Crippen LogP contribution in [0, 0.1) is 11.7 Å². The molecule has 4 N–H and O–H groups in total. The van der Waals surface area contributed by atoms with Crippen molar-refractivity contribution in [3.8, 4) is 0 Å². The topological polar surface area (TPSA) is 140 Å². The van der Waals surface area contributed by atoms with Crippen LogP contribution in [0.3, 0.4) is 0 Å². The highest BCUT2D eigenvalue weighted by molar-refractivity contribution is 6.01. The highest BCUT2D eigenvalue weighted by Gasteiger charge is 2.32. The highest BCUT2D eigenvalue weighted by atomic mass is 19.1.